The topological polar surface area (TPSA) is 24.9 Å². The third-order valence-electron chi connectivity index (χ3n) is 3.62. The Morgan fingerprint density at radius 1 is 0.696 bits per heavy atom. The number of nitrogens with zero attached hydrogens (tertiary/aromatic N) is 2. The predicted molar refractivity (Wildman–Crippen MR) is 102 cm³/mol. The molecule has 0 rings (SSSR count). The molecular formula is C18H42N2O2Si. The van der Waals surface area contributed by atoms with E-state index >= 15 is 0 Å². The molecule has 0 amide bonds. The van der Waals surface area contributed by atoms with Gasteiger partial charge in [-0.25, -0.2) is 0 Å². The fourth-order valence-corrected chi connectivity index (χ4v) is 7.27. The molecule has 0 aliphatic rings. The highest BCUT2D eigenvalue weighted by Gasteiger charge is 2.51. The summed E-state index contributed by atoms with van der Waals surface area (Å²) in [4.78, 5) is 0. The Labute approximate surface area is 146 Å². The fourth-order valence-electron chi connectivity index (χ4n) is 3.10. The molecule has 0 saturated carbocycles. The summed E-state index contributed by atoms with van der Waals surface area (Å²) in [6.07, 6.45) is 2.26. The highest BCUT2D eigenvalue weighted by Crippen LogP contribution is 2.23. The zero-order valence-corrected chi connectivity index (χ0v) is 18.0. The average Bonchev–Trinajstić information content (AvgIpc) is 2.45. The van der Waals surface area contributed by atoms with Crippen molar-refractivity contribution in [2.75, 3.05) is 39.4 Å². The molecule has 23 heavy (non-hydrogen) atoms. The molecule has 0 aromatic rings. The Kier molecular flexibility index (Phi) is 12.5. The molecule has 0 saturated heterocycles. The lowest BCUT2D eigenvalue weighted by molar-refractivity contribution is 0.0531. The summed E-state index contributed by atoms with van der Waals surface area (Å²) < 4.78 is 18.0. The van der Waals surface area contributed by atoms with Crippen molar-refractivity contribution in [3.8, 4) is 0 Å². The van der Waals surface area contributed by atoms with E-state index in [4.69, 9.17) is 8.85 Å². The van der Waals surface area contributed by atoms with E-state index in [2.05, 4.69) is 64.5 Å². The van der Waals surface area contributed by atoms with Crippen LogP contribution in [0.5, 0.6) is 0 Å². The molecule has 0 fully saturated rings. The molecule has 0 N–H and O–H groups in total. The lowest BCUT2D eigenvalue weighted by atomic mass is 10.2. The van der Waals surface area contributed by atoms with Gasteiger partial charge in [-0.05, 0) is 64.7 Å². The normalized spacial score (nSPS) is 13.0. The van der Waals surface area contributed by atoms with Gasteiger partial charge >= 0.3 is 8.88 Å². The maximum atomic E-state index is 6.47. The number of hydrogen-bond acceptors (Lipinski definition) is 4. The first-order valence-corrected chi connectivity index (χ1v) is 11.4. The first kappa shape index (κ1) is 23.1. The Bertz CT molecular complexity index is 260. The van der Waals surface area contributed by atoms with Crippen molar-refractivity contribution in [2.45, 2.75) is 68.2 Å². The average molecular weight is 347 g/mol. The van der Waals surface area contributed by atoms with Gasteiger partial charge in [0.05, 0.1) is 0 Å². The van der Waals surface area contributed by atoms with Gasteiger partial charge in [0.15, 0.2) is 0 Å². The molecule has 0 aromatic carbocycles. The summed E-state index contributed by atoms with van der Waals surface area (Å²) in [6, 6.07) is 0. The molecule has 0 aliphatic carbocycles. The van der Waals surface area contributed by atoms with Gasteiger partial charge in [-0.2, -0.15) is 0 Å². The van der Waals surface area contributed by atoms with Gasteiger partial charge in [0.2, 0.25) is 0 Å². The van der Waals surface area contributed by atoms with E-state index in [0.717, 1.165) is 39.0 Å². The van der Waals surface area contributed by atoms with Crippen molar-refractivity contribution in [2.24, 2.45) is 11.8 Å². The van der Waals surface area contributed by atoms with E-state index in [9.17, 15) is 0 Å². The van der Waals surface area contributed by atoms with Gasteiger partial charge in [0, 0.05) is 13.2 Å². The van der Waals surface area contributed by atoms with Gasteiger partial charge in [0.1, 0.15) is 0 Å². The summed E-state index contributed by atoms with van der Waals surface area (Å²) in [5, 5.41) is 0. The van der Waals surface area contributed by atoms with Gasteiger partial charge in [-0.15, -0.1) is 0 Å². The molecular weight excluding hydrogens is 304 g/mol. The van der Waals surface area contributed by atoms with E-state index in [1.807, 2.05) is 0 Å². The van der Waals surface area contributed by atoms with Crippen LogP contribution in [0.1, 0.15) is 68.2 Å². The summed E-state index contributed by atoms with van der Waals surface area (Å²) in [7, 11) is -2.56. The smallest absolute Gasteiger partial charge is 0.371 e. The molecule has 0 bridgehead atoms. The third-order valence-corrected chi connectivity index (χ3v) is 7.36. The van der Waals surface area contributed by atoms with E-state index in [-0.39, 0.29) is 0 Å². The zero-order chi connectivity index (χ0) is 17.9. The summed E-state index contributed by atoms with van der Waals surface area (Å²) >= 11 is 0. The Balaban J connectivity index is 5.75. The minimum atomic E-state index is -2.56. The summed E-state index contributed by atoms with van der Waals surface area (Å²) in [5.41, 5.74) is 0. The fraction of sp³-hybridized carbons (Fsp3) is 1.00. The van der Waals surface area contributed by atoms with E-state index in [1.54, 1.807) is 0 Å². The van der Waals surface area contributed by atoms with Crippen LogP contribution in [0.15, 0.2) is 0 Å². The standard InChI is InChI=1S/C18H42N2O2Si/c1-9-13-19(15-17(5)6)23(21-11-3,22-12-4)20(14-10-2)16-18(7)8/h17-18H,9-16H2,1-8H3. The van der Waals surface area contributed by atoms with Gasteiger partial charge in [0.25, 0.3) is 0 Å². The highest BCUT2D eigenvalue weighted by molar-refractivity contribution is 6.61. The maximum Gasteiger partial charge on any atom is 0.522 e. The summed E-state index contributed by atoms with van der Waals surface area (Å²) in [6.45, 7) is 23.4. The molecule has 4 nitrogen and oxygen atoms in total. The van der Waals surface area contributed by atoms with Crippen LogP contribution in [0, 0.1) is 11.8 Å². The van der Waals surface area contributed by atoms with Crippen LogP contribution in [-0.4, -0.2) is 57.4 Å². The van der Waals surface area contributed by atoms with Crippen LogP contribution in [0.3, 0.4) is 0 Å². The third kappa shape index (κ3) is 7.65. The maximum absolute atomic E-state index is 6.47. The second kappa shape index (κ2) is 12.4. The molecule has 140 valence electrons. The van der Waals surface area contributed by atoms with Gasteiger partial charge in [-0.3, -0.25) is 9.13 Å². The van der Waals surface area contributed by atoms with Crippen molar-refractivity contribution in [1.29, 1.82) is 0 Å². The number of hydrogen-bond donors (Lipinski definition) is 0. The van der Waals surface area contributed by atoms with Crippen molar-refractivity contribution in [3.63, 3.8) is 0 Å². The van der Waals surface area contributed by atoms with E-state index in [1.165, 1.54) is 0 Å². The lowest BCUT2D eigenvalue weighted by Gasteiger charge is -2.46. The molecule has 0 heterocycles. The molecule has 0 aliphatic heterocycles. The van der Waals surface area contributed by atoms with E-state index in [0.29, 0.717) is 25.0 Å². The minimum absolute atomic E-state index is 0.608. The van der Waals surface area contributed by atoms with Crippen LogP contribution in [-0.2, 0) is 8.85 Å². The Hall–Kier alpha value is 0.0569. The van der Waals surface area contributed by atoms with Gasteiger partial charge < -0.3 is 8.85 Å². The second-order valence-electron chi connectivity index (χ2n) is 7.09. The molecule has 0 radical (unpaired) electrons. The SMILES string of the molecule is CCCN(CC(C)C)[Si](OCC)(OCC)N(CCC)CC(C)C. The first-order valence-electron chi connectivity index (χ1n) is 9.65. The van der Waals surface area contributed by atoms with Crippen molar-refractivity contribution < 1.29 is 8.85 Å². The van der Waals surface area contributed by atoms with Crippen LogP contribution >= 0.6 is 0 Å². The van der Waals surface area contributed by atoms with Gasteiger partial charge in [-0.1, -0.05) is 41.5 Å². The quantitative estimate of drug-likeness (QED) is 0.439. The highest BCUT2D eigenvalue weighted by atomic mass is 28.4. The molecule has 0 atom stereocenters. The predicted octanol–water partition coefficient (Wildman–Crippen LogP) is 4.23. The summed E-state index contributed by atoms with van der Waals surface area (Å²) in [5.74, 6) is 1.22. The Morgan fingerprint density at radius 2 is 1.04 bits per heavy atom. The number of rotatable bonds is 14. The Morgan fingerprint density at radius 3 is 1.26 bits per heavy atom. The molecule has 0 unspecified atom stereocenters. The second-order valence-corrected chi connectivity index (χ2v) is 10.0. The molecule has 0 spiro atoms. The molecule has 0 aromatic heterocycles. The van der Waals surface area contributed by atoms with Crippen LogP contribution < -0.4 is 0 Å². The van der Waals surface area contributed by atoms with Crippen LogP contribution in [0.4, 0.5) is 0 Å². The van der Waals surface area contributed by atoms with Crippen molar-refractivity contribution in [1.82, 2.24) is 9.13 Å². The zero-order valence-electron chi connectivity index (χ0n) is 17.0. The first-order chi connectivity index (χ1) is 10.9. The lowest BCUT2D eigenvalue weighted by Crippen LogP contribution is -2.71. The van der Waals surface area contributed by atoms with Crippen LogP contribution in [0.25, 0.3) is 0 Å². The van der Waals surface area contributed by atoms with E-state index < -0.39 is 8.88 Å². The minimum Gasteiger partial charge on any atom is -0.371 e. The van der Waals surface area contributed by atoms with Crippen LogP contribution in [0.2, 0.25) is 0 Å². The monoisotopic (exact) mass is 346 g/mol. The largest absolute Gasteiger partial charge is 0.522 e. The molecule has 5 heteroatoms. The van der Waals surface area contributed by atoms with Crippen molar-refractivity contribution >= 4 is 8.88 Å². The van der Waals surface area contributed by atoms with Crippen molar-refractivity contribution in [3.05, 3.63) is 0 Å².